The number of para-hydroxylation sites is 1. The molecule has 0 unspecified atom stereocenters. The van der Waals surface area contributed by atoms with Crippen LogP contribution < -0.4 is 4.74 Å². The summed E-state index contributed by atoms with van der Waals surface area (Å²) in [7, 11) is 1.72. The predicted molar refractivity (Wildman–Crippen MR) is 171 cm³/mol. The highest BCUT2D eigenvalue weighted by Crippen LogP contribution is 2.44. The van der Waals surface area contributed by atoms with Gasteiger partial charge in [0, 0.05) is 24.5 Å². The summed E-state index contributed by atoms with van der Waals surface area (Å²) >= 11 is 0. The topological polar surface area (TPSA) is 95.7 Å². The molecular weight excluding hydrogens is 542 g/mol. The molecule has 0 N–H and O–H groups in total. The number of aryl methyl sites for hydroxylation is 1. The summed E-state index contributed by atoms with van der Waals surface area (Å²) < 4.78 is 11.7. The molecule has 0 aliphatic heterocycles. The van der Waals surface area contributed by atoms with E-state index in [0.29, 0.717) is 24.7 Å². The van der Waals surface area contributed by atoms with Gasteiger partial charge < -0.3 is 9.47 Å². The SMILES string of the molecule is COc1c(CC/C=C(\C)CCC(=O)CC(=O)O[C@H]2C[C@H](C)CC[C@H]2C(C)(C)c2ccc([N+](=O)[O-])cc2)cccc1C(C)C. The van der Waals surface area contributed by atoms with Crippen molar-refractivity contribution in [1.29, 1.82) is 0 Å². The first-order valence-corrected chi connectivity index (χ1v) is 15.6. The Labute approximate surface area is 257 Å². The van der Waals surface area contributed by atoms with E-state index in [4.69, 9.17) is 9.47 Å². The lowest BCUT2D eigenvalue weighted by Crippen LogP contribution is -2.43. The van der Waals surface area contributed by atoms with Crippen molar-refractivity contribution in [3.63, 3.8) is 0 Å². The van der Waals surface area contributed by atoms with Gasteiger partial charge in [0.2, 0.25) is 0 Å². The maximum absolute atomic E-state index is 12.9. The van der Waals surface area contributed by atoms with E-state index >= 15 is 0 Å². The third-order valence-corrected chi connectivity index (χ3v) is 9.09. The number of carbonyl (C=O) groups excluding carboxylic acids is 2. The zero-order valence-electron chi connectivity index (χ0n) is 27.0. The zero-order chi connectivity index (χ0) is 31.7. The third kappa shape index (κ3) is 9.25. The number of methoxy groups -OCH3 is 1. The summed E-state index contributed by atoms with van der Waals surface area (Å²) in [5.74, 6) is 1.24. The molecule has 0 heterocycles. The van der Waals surface area contributed by atoms with Crippen molar-refractivity contribution in [3.8, 4) is 5.75 Å². The molecule has 1 aliphatic rings. The molecular formula is C36H49NO6. The molecule has 1 fully saturated rings. The molecule has 1 saturated carbocycles. The number of nitrogens with zero attached hydrogens (tertiary/aromatic N) is 1. The Morgan fingerprint density at radius 2 is 1.79 bits per heavy atom. The number of allylic oxidation sites excluding steroid dienone is 2. The average Bonchev–Trinajstić information content (AvgIpc) is 2.95. The molecule has 0 aromatic heterocycles. The number of hydrogen-bond donors (Lipinski definition) is 0. The second kappa shape index (κ2) is 15.3. The van der Waals surface area contributed by atoms with Gasteiger partial charge in [0.05, 0.1) is 12.0 Å². The monoisotopic (exact) mass is 591 g/mol. The Bertz CT molecular complexity index is 1290. The lowest BCUT2D eigenvalue weighted by atomic mass is 9.64. The van der Waals surface area contributed by atoms with Crippen molar-refractivity contribution in [1.82, 2.24) is 0 Å². The fraction of sp³-hybridized carbons (Fsp3) is 0.556. The lowest BCUT2D eigenvalue weighted by Gasteiger charge is -2.44. The zero-order valence-corrected chi connectivity index (χ0v) is 27.0. The van der Waals surface area contributed by atoms with Gasteiger partial charge in [-0.05, 0) is 73.0 Å². The summed E-state index contributed by atoms with van der Waals surface area (Å²) in [6.07, 6.45) is 6.93. The van der Waals surface area contributed by atoms with E-state index in [2.05, 4.69) is 58.9 Å². The fourth-order valence-corrected chi connectivity index (χ4v) is 6.39. The summed E-state index contributed by atoms with van der Waals surface area (Å²) in [5, 5.41) is 11.1. The van der Waals surface area contributed by atoms with Gasteiger partial charge in [0.15, 0.2) is 0 Å². The smallest absolute Gasteiger partial charge is 0.313 e. The number of carbonyl (C=O) groups is 2. The van der Waals surface area contributed by atoms with Crippen LogP contribution in [-0.4, -0.2) is 29.9 Å². The first-order chi connectivity index (χ1) is 20.3. The number of nitro benzene ring substituents is 1. The quantitative estimate of drug-likeness (QED) is 0.0717. The van der Waals surface area contributed by atoms with Crippen LogP contribution in [0.25, 0.3) is 0 Å². The van der Waals surface area contributed by atoms with Crippen molar-refractivity contribution < 1.29 is 24.0 Å². The van der Waals surface area contributed by atoms with E-state index < -0.39 is 10.9 Å². The maximum Gasteiger partial charge on any atom is 0.313 e. The summed E-state index contributed by atoms with van der Waals surface area (Å²) in [6.45, 7) is 12.7. The Kier molecular flexibility index (Phi) is 12.1. The highest BCUT2D eigenvalue weighted by atomic mass is 16.6. The molecule has 0 bridgehead atoms. The molecule has 3 atom stereocenters. The minimum Gasteiger partial charge on any atom is -0.496 e. The van der Waals surface area contributed by atoms with Crippen molar-refractivity contribution in [2.24, 2.45) is 11.8 Å². The number of ketones is 1. The Balaban J connectivity index is 1.53. The van der Waals surface area contributed by atoms with Crippen LogP contribution in [0, 0.1) is 22.0 Å². The van der Waals surface area contributed by atoms with Crippen molar-refractivity contribution >= 4 is 17.4 Å². The van der Waals surface area contributed by atoms with E-state index in [1.165, 1.54) is 23.3 Å². The highest BCUT2D eigenvalue weighted by Gasteiger charge is 2.42. The standard InChI is InChI=1S/C36H49NO6/c1-24(2)31-13-9-12-27(35(31)42-7)11-8-10-25(3)14-20-30(38)23-34(39)43-33-22-26(4)15-21-32(33)36(5,6)28-16-18-29(19-17-28)37(40)41/h9-10,12-13,16-19,24,26,32-33H,8,11,14-15,20-23H2,1-7H3/b25-10+/t26-,32-,33+/m1/s1. The Morgan fingerprint density at radius 1 is 1.09 bits per heavy atom. The van der Waals surface area contributed by atoms with E-state index in [1.54, 1.807) is 19.2 Å². The fourth-order valence-electron chi connectivity index (χ4n) is 6.39. The van der Waals surface area contributed by atoms with Gasteiger partial charge in [-0.3, -0.25) is 19.7 Å². The molecule has 3 rings (SSSR count). The molecule has 0 saturated heterocycles. The predicted octanol–water partition coefficient (Wildman–Crippen LogP) is 8.67. The number of benzene rings is 2. The second-order valence-corrected chi connectivity index (χ2v) is 13.1. The Hall–Kier alpha value is -3.48. The van der Waals surface area contributed by atoms with E-state index in [9.17, 15) is 19.7 Å². The van der Waals surface area contributed by atoms with Gasteiger partial charge in [0.1, 0.15) is 24.1 Å². The third-order valence-electron chi connectivity index (χ3n) is 9.09. The van der Waals surface area contributed by atoms with Crippen molar-refractivity contribution in [3.05, 3.63) is 80.9 Å². The lowest BCUT2D eigenvalue weighted by molar-refractivity contribution is -0.384. The molecule has 2 aromatic rings. The van der Waals surface area contributed by atoms with Crippen LogP contribution in [0.3, 0.4) is 0 Å². The number of rotatable bonds is 14. The largest absolute Gasteiger partial charge is 0.496 e. The average molecular weight is 592 g/mol. The number of non-ortho nitro benzene ring substituents is 1. The summed E-state index contributed by atoms with van der Waals surface area (Å²) in [4.78, 5) is 36.4. The van der Waals surface area contributed by atoms with E-state index in [-0.39, 0.29) is 35.3 Å². The number of Topliss-reactive ketones (excluding diaryl/α,β-unsaturated/α-hetero) is 1. The second-order valence-electron chi connectivity index (χ2n) is 13.1. The van der Waals surface area contributed by atoms with Crippen LogP contribution in [0.15, 0.2) is 54.1 Å². The normalized spacial score (nSPS) is 19.3. The highest BCUT2D eigenvalue weighted by molar-refractivity contribution is 5.95. The summed E-state index contributed by atoms with van der Waals surface area (Å²) in [5.41, 5.74) is 4.20. The molecule has 43 heavy (non-hydrogen) atoms. The first-order valence-electron chi connectivity index (χ1n) is 15.6. The molecule has 0 spiro atoms. The number of nitro groups is 1. The molecule has 234 valence electrons. The number of hydrogen-bond acceptors (Lipinski definition) is 6. The van der Waals surface area contributed by atoms with Gasteiger partial charge in [-0.25, -0.2) is 0 Å². The van der Waals surface area contributed by atoms with Crippen molar-refractivity contribution in [2.75, 3.05) is 7.11 Å². The summed E-state index contributed by atoms with van der Waals surface area (Å²) in [6, 6.07) is 12.9. The molecule has 7 nitrogen and oxygen atoms in total. The molecule has 2 aromatic carbocycles. The first kappa shape index (κ1) is 34.0. The van der Waals surface area contributed by atoms with E-state index in [1.807, 2.05) is 6.92 Å². The van der Waals surface area contributed by atoms with Crippen LogP contribution in [0.5, 0.6) is 5.75 Å². The van der Waals surface area contributed by atoms with Crippen molar-refractivity contribution in [2.45, 2.75) is 110 Å². The molecule has 0 amide bonds. The van der Waals surface area contributed by atoms with Gasteiger partial charge in [-0.2, -0.15) is 0 Å². The van der Waals surface area contributed by atoms with Crippen LogP contribution in [0.2, 0.25) is 0 Å². The minimum absolute atomic E-state index is 0.0502. The van der Waals surface area contributed by atoms with E-state index in [0.717, 1.165) is 49.0 Å². The molecule has 0 radical (unpaired) electrons. The van der Waals surface area contributed by atoms with Crippen LogP contribution in [-0.2, 0) is 26.2 Å². The molecule has 1 aliphatic carbocycles. The van der Waals surface area contributed by atoms with Gasteiger partial charge in [0.25, 0.3) is 5.69 Å². The van der Waals surface area contributed by atoms with Crippen LogP contribution in [0.4, 0.5) is 5.69 Å². The molecule has 7 heteroatoms. The minimum atomic E-state index is -0.465. The van der Waals surface area contributed by atoms with Gasteiger partial charge >= 0.3 is 5.97 Å². The number of esters is 1. The van der Waals surface area contributed by atoms with Crippen LogP contribution in [0.1, 0.15) is 109 Å². The number of ether oxygens (including phenoxy) is 2. The maximum atomic E-state index is 12.9. The van der Waals surface area contributed by atoms with Gasteiger partial charge in [-0.15, -0.1) is 0 Å². The van der Waals surface area contributed by atoms with Crippen LogP contribution >= 0.6 is 0 Å². The Morgan fingerprint density at radius 3 is 2.42 bits per heavy atom. The van der Waals surface area contributed by atoms with Gasteiger partial charge in [-0.1, -0.05) is 83.0 Å².